The molecule has 0 aliphatic heterocycles. The van der Waals surface area contributed by atoms with E-state index in [2.05, 4.69) is 31.0 Å². The van der Waals surface area contributed by atoms with Crippen LogP contribution in [0, 0.1) is 0 Å². The first-order chi connectivity index (χ1) is 17.4. The van der Waals surface area contributed by atoms with Gasteiger partial charge < -0.3 is 23.9 Å². The molecule has 1 N–H and O–H groups in total. The molecular formula is C29H33ClN2O5. The molecule has 0 radical (unpaired) electrons. The van der Waals surface area contributed by atoms with Gasteiger partial charge in [-0.2, -0.15) is 0 Å². The first-order valence-electron chi connectivity index (χ1n) is 12.0. The number of rotatable bonds is 11. The summed E-state index contributed by atoms with van der Waals surface area (Å²) in [6.07, 6.45) is 0.409. The van der Waals surface area contributed by atoms with Crippen LogP contribution in [0.5, 0.6) is 17.2 Å². The van der Waals surface area contributed by atoms with Gasteiger partial charge in [0.1, 0.15) is 36.3 Å². The van der Waals surface area contributed by atoms with Crippen LogP contribution in [-0.4, -0.2) is 27.7 Å². The van der Waals surface area contributed by atoms with Gasteiger partial charge >= 0.3 is 5.97 Å². The third kappa shape index (κ3) is 6.74. The first-order valence-corrected chi connectivity index (χ1v) is 12.0. The Kier molecular flexibility index (Phi) is 9.42. The van der Waals surface area contributed by atoms with Crippen molar-refractivity contribution in [2.24, 2.45) is 7.05 Å². The summed E-state index contributed by atoms with van der Waals surface area (Å²) in [6, 6.07) is 19.5. The molecule has 1 aromatic heterocycles. The second-order valence-electron chi connectivity index (χ2n) is 9.04. The number of aryl methyl sites for hydroxylation is 2. The number of aromatic nitrogens is 2. The summed E-state index contributed by atoms with van der Waals surface area (Å²) in [4.78, 5) is 15.9. The topological polar surface area (TPSA) is 82.8 Å². The van der Waals surface area contributed by atoms with Crippen molar-refractivity contribution in [3.05, 3.63) is 83.2 Å². The van der Waals surface area contributed by atoms with Crippen LogP contribution in [0.3, 0.4) is 0 Å². The summed E-state index contributed by atoms with van der Waals surface area (Å²) in [7, 11) is 3.59. The van der Waals surface area contributed by atoms with Crippen molar-refractivity contribution in [3.63, 3.8) is 0 Å². The number of carboxylic acids is 1. The second-order valence-corrected chi connectivity index (χ2v) is 9.04. The lowest BCUT2D eigenvalue weighted by Crippen LogP contribution is -2.06. The molecule has 7 nitrogen and oxygen atoms in total. The normalized spacial score (nSPS) is 10.8. The zero-order valence-corrected chi connectivity index (χ0v) is 22.4. The third-order valence-electron chi connectivity index (χ3n) is 6.26. The number of hydrogen-bond donors (Lipinski definition) is 1. The number of nitrogens with zero attached hydrogens (tertiary/aromatic N) is 2. The predicted molar refractivity (Wildman–Crippen MR) is 146 cm³/mol. The lowest BCUT2D eigenvalue weighted by atomic mass is 9.98. The number of benzene rings is 3. The Morgan fingerprint density at radius 3 is 2.46 bits per heavy atom. The number of halogens is 1. The van der Waals surface area contributed by atoms with E-state index < -0.39 is 5.97 Å². The minimum atomic E-state index is -0.843. The van der Waals surface area contributed by atoms with Crippen LogP contribution in [0.25, 0.3) is 11.0 Å². The average Bonchev–Trinajstić information content (AvgIpc) is 3.20. The Balaban J connectivity index is 0.00000380. The van der Waals surface area contributed by atoms with Crippen LogP contribution < -0.4 is 14.2 Å². The molecule has 0 bridgehead atoms. The predicted octanol–water partition coefficient (Wildman–Crippen LogP) is 6.30. The standard InChI is InChI=1S/C29H32N2O5.ClH/c1-19(2)24-8-6-5-7-21(24)17-36-27-16-23(11-9-20(27)10-14-29(32)33)35-18-28-30-25-13-12-22(34-4)15-26(25)31(28)3;/h5-9,11-13,15-16,19H,10,14,17-18H2,1-4H3,(H,32,33);1H. The molecule has 196 valence electrons. The van der Waals surface area contributed by atoms with Gasteiger partial charge in [-0.25, -0.2) is 4.98 Å². The van der Waals surface area contributed by atoms with E-state index in [1.54, 1.807) is 7.11 Å². The highest BCUT2D eigenvalue weighted by atomic mass is 35.5. The van der Waals surface area contributed by atoms with Gasteiger partial charge in [-0.1, -0.05) is 44.2 Å². The van der Waals surface area contributed by atoms with E-state index in [9.17, 15) is 9.90 Å². The fraction of sp³-hybridized carbons (Fsp3) is 0.310. The Morgan fingerprint density at radius 1 is 0.973 bits per heavy atom. The monoisotopic (exact) mass is 524 g/mol. The third-order valence-corrected chi connectivity index (χ3v) is 6.26. The molecule has 4 aromatic rings. The molecule has 0 amide bonds. The molecular weight excluding hydrogens is 492 g/mol. The van der Waals surface area contributed by atoms with E-state index in [4.69, 9.17) is 14.2 Å². The quantitative estimate of drug-likeness (QED) is 0.248. The number of imidazole rings is 1. The van der Waals surface area contributed by atoms with Crippen molar-refractivity contribution < 1.29 is 24.1 Å². The van der Waals surface area contributed by atoms with Gasteiger partial charge in [0.05, 0.1) is 18.1 Å². The van der Waals surface area contributed by atoms with Gasteiger partial charge in [-0.15, -0.1) is 12.4 Å². The number of carbonyl (C=O) groups is 1. The van der Waals surface area contributed by atoms with Gasteiger partial charge in [0.15, 0.2) is 0 Å². The maximum absolute atomic E-state index is 11.2. The van der Waals surface area contributed by atoms with E-state index in [1.807, 2.05) is 60.1 Å². The molecule has 0 aliphatic rings. The molecule has 3 aromatic carbocycles. The summed E-state index contributed by atoms with van der Waals surface area (Å²) >= 11 is 0. The SMILES string of the molecule is COc1ccc2nc(COc3ccc(CCC(=O)O)c(OCc4ccccc4C(C)C)c3)n(C)c2c1.Cl. The van der Waals surface area contributed by atoms with E-state index >= 15 is 0 Å². The van der Waals surface area contributed by atoms with Crippen molar-refractivity contribution >= 4 is 29.4 Å². The molecule has 0 saturated carbocycles. The van der Waals surface area contributed by atoms with Crippen LogP contribution in [0.15, 0.2) is 60.7 Å². The number of hydrogen-bond acceptors (Lipinski definition) is 5. The fourth-order valence-corrected chi connectivity index (χ4v) is 4.22. The van der Waals surface area contributed by atoms with Crippen molar-refractivity contribution in [2.45, 2.75) is 45.8 Å². The Hall–Kier alpha value is -3.71. The van der Waals surface area contributed by atoms with Crippen LogP contribution in [0.1, 0.15) is 48.7 Å². The van der Waals surface area contributed by atoms with Crippen LogP contribution in [0.2, 0.25) is 0 Å². The molecule has 0 aliphatic carbocycles. The minimum Gasteiger partial charge on any atom is -0.497 e. The maximum atomic E-state index is 11.2. The molecule has 0 saturated heterocycles. The zero-order valence-electron chi connectivity index (χ0n) is 21.6. The van der Waals surface area contributed by atoms with Crippen LogP contribution in [0.4, 0.5) is 0 Å². The molecule has 0 spiro atoms. The van der Waals surface area contributed by atoms with Crippen molar-refractivity contribution in [1.82, 2.24) is 9.55 Å². The van der Waals surface area contributed by atoms with Crippen molar-refractivity contribution in [2.75, 3.05) is 7.11 Å². The lowest BCUT2D eigenvalue weighted by molar-refractivity contribution is -0.136. The van der Waals surface area contributed by atoms with Crippen LogP contribution >= 0.6 is 12.4 Å². The highest BCUT2D eigenvalue weighted by Gasteiger charge is 2.13. The summed E-state index contributed by atoms with van der Waals surface area (Å²) in [5.74, 6) is 2.34. The van der Waals surface area contributed by atoms with E-state index in [0.717, 1.165) is 33.7 Å². The van der Waals surface area contributed by atoms with Gasteiger partial charge in [-0.3, -0.25) is 4.79 Å². The van der Waals surface area contributed by atoms with Gasteiger partial charge in [0.2, 0.25) is 0 Å². The Morgan fingerprint density at radius 2 is 1.73 bits per heavy atom. The zero-order chi connectivity index (χ0) is 25.7. The molecule has 1 heterocycles. The number of carboxylic acid groups (broad SMARTS) is 1. The maximum Gasteiger partial charge on any atom is 0.303 e. The summed E-state index contributed by atoms with van der Waals surface area (Å²) in [6.45, 7) is 4.98. The summed E-state index contributed by atoms with van der Waals surface area (Å²) in [5, 5.41) is 9.17. The van der Waals surface area contributed by atoms with E-state index in [0.29, 0.717) is 30.4 Å². The smallest absolute Gasteiger partial charge is 0.303 e. The summed E-state index contributed by atoms with van der Waals surface area (Å²) < 4.78 is 19.6. The fourth-order valence-electron chi connectivity index (χ4n) is 4.22. The number of methoxy groups -OCH3 is 1. The lowest BCUT2D eigenvalue weighted by Gasteiger charge is -2.16. The Bertz CT molecular complexity index is 1370. The number of fused-ring (bicyclic) bond motifs is 1. The number of aliphatic carboxylic acids is 1. The van der Waals surface area contributed by atoms with Gasteiger partial charge in [-0.05, 0) is 47.2 Å². The largest absolute Gasteiger partial charge is 0.497 e. The molecule has 4 rings (SSSR count). The average molecular weight is 525 g/mol. The van der Waals surface area contributed by atoms with E-state index in [1.165, 1.54) is 5.56 Å². The molecule has 37 heavy (non-hydrogen) atoms. The molecule has 0 fully saturated rings. The van der Waals surface area contributed by atoms with Crippen LogP contribution in [-0.2, 0) is 31.5 Å². The minimum absolute atomic E-state index is 0. The Labute approximate surface area is 223 Å². The second kappa shape index (κ2) is 12.5. The molecule has 0 atom stereocenters. The molecule has 8 heteroatoms. The van der Waals surface area contributed by atoms with Gasteiger partial charge in [0, 0.05) is 25.6 Å². The van der Waals surface area contributed by atoms with Gasteiger partial charge in [0.25, 0.3) is 0 Å². The highest BCUT2D eigenvalue weighted by Crippen LogP contribution is 2.29. The highest BCUT2D eigenvalue weighted by molar-refractivity contribution is 5.85. The first kappa shape index (κ1) is 27.9. The summed E-state index contributed by atoms with van der Waals surface area (Å²) in [5.41, 5.74) is 5.01. The molecule has 0 unspecified atom stereocenters. The van der Waals surface area contributed by atoms with E-state index in [-0.39, 0.29) is 25.4 Å². The number of ether oxygens (including phenoxy) is 3. The van der Waals surface area contributed by atoms with Crippen molar-refractivity contribution in [3.8, 4) is 17.2 Å². The van der Waals surface area contributed by atoms with Crippen molar-refractivity contribution in [1.29, 1.82) is 0 Å².